The fourth-order valence-corrected chi connectivity index (χ4v) is 4.52. The summed E-state index contributed by atoms with van der Waals surface area (Å²) in [5, 5.41) is 40.6. The molecule has 176 valence electrons. The topological polar surface area (TPSA) is 99.4 Å². The van der Waals surface area contributed by atoms with Gasteiger partial charge in [-0.25, -0.2) is 0 Å². The van der Waals surface area contributed by atoms with Crippen LogP contribution in [0.25, 0.3) is 12.2 Å². The van der Waals surface area contributed by atoms with Crippen LogP contribution in [-0.2, 0) is 0 Å². The lowest BCUT2D eigenvalue weighted by atomic mass is 9.82. The molecule has 0 saturated heterocycles. The number of benzene rings is 4. The Morgan fingerprint density at radius 3 is 2.00 bits per heavy atom. The molecule has 1 heterocycles. The minimum atomic E-state index is -0.512. The second-order valence-electron chi connectivity index (χ2n) is 8.44. The van der Waals surface area contributed by atoms with Crippen molar-refractivity contribution in [2.75, 3.05) is 7.11 Å². The van der Waals surface area contributed by atoms with Crippen molar-refractivity contribution in [3.63, 3.8) is 0 Å². The molecule has 0 fully saturated rings. The van der Waals surface area contributed by atoms with Crippen LogP contribution in [0.4, 0.5) is 0 Å². The quantitative estimate of drug-likeness (QED) is 0.270. The predicted molar refractivity (Wildman–Crippen MR) is 133 cm³/mol. The number of hydrogen-bond donors (Lipinski definition) is 4. The minimum absolute atomic E-state index is 0.0574. The first-order valence-corrected chi connectivity index (χ1v) is 11.1. The zero-order valence-electron chi connectivity index (χ0n) is 18.9. The average molecular weight is 469 g/mol. The first-order chi connectivity index (χ1) is 16.9. The molecule has 5 rings (SSSR count). The van der Waals surface area contributed by atoms with Crippen LogP contribution < -0.4 is 9.47 Å². The maximum absolute atomic E-state index is 10.4. The third kappa shape index (κ3) is 4.46. The van der Waals surface area contributed by atoms with Crippen LogP contribution in [0.1, 0.15) is 39.8 Å². The van der Waals surface area contributed by atoms with Gasteiger partial charge in [0.05, 0.1) is 13.0 Å². The van der Waals surface area contributed by atoms with Crippen molar-refractivity contribution in [1.29, 1.82) is 0 Å². The van der Waals surface area contributed by atoms with Crippen LogP contribution in [0.3, 0.4) is 0 Å². The van der Waals surface area contributed by atoms with Crippen molar-refractivity contribution in [3.8, 4) is 34.5 Å². The lowest BCUT2D eigenvalue weighted by molar-refractivity contribution is 0.221. The fourth-order valence-electron chi connectivity index (χ4n) is 4.52. The molecule has 0 unspecified atom stereocenters. The summed E-state index contributed by atoms with van der Waals surface area (Å²) in [4.78, 5) is 0. The molecule has 0 aliphatic carbocycles. The molecule has 6 heteroatoms. The Bertz CT molecular complexity index is 1370. The summed E-state index contributed by atoms with van der Waals surface area (Å²) in [7, 11) is 1.62. The lowest BCUT2D eigenvalue weighted by Crippen LogP contribution is -2.11. The van der Waals surface area contributed by atoms with E-state index in [-0.39, 0.29) is 23.0 Å². The highest BCUT2D eigenvalue weighted by atomic mass is 16.5. The Morgan fingerprint density at radius 2 is 1.34 bits per heavy atom. The van der Waals surface area contributed by atoms with E-state index in [1.54, 1.807) is 55.6 Å². The molecule has 6 nitrogen and oxygen atoms in total. The van der Waals surface area contributed by atoms with Gasteiger partial charge in [-0.1, -0.05) is 36.4 Å². The lowest BCUT2D eigenvalue weighted by Gasteiger charge is -2.21. The first-order valence-electron chi connectivity index (χ1n) is 11.1. The third-order valence-electron chi connectivity index (χ3n) is 6.10. The van der Waals surface area contributed by atoms with Gasteiger partial charge in [-0.05, 0) is 64.7 Å². The van der Waals surface area contributed by atoms with Gasteiger partial charge < -0.3 is 29.9 Å². The third-order valence-corrected chi connectivity index (χ3v) is 6.10. The highest BCUT2D eigenvalue weighted by Gasteiger charge is 2.39. The Kier molecular flexibility index (Phi) is 5.71. The van der Waals surface area contributed by atoms with Crippen LogP contribution in [0.2, 0.25) is 0 Å². The van der Waals surface area contributed by atoms with Crippen molar-refractivity contribution in [3.05, 3.63) is 107 Å². The molecule has 4 aromatic carbocycles. The minimum Gasteiger partial charge on any atom is -0.508 e. The molecule has 4 aromatic rings. The summed E-state index contributed by atoms with van der Waals surface area (Å²) in [6.07, 6.45) is 3.32. The Labute approximate surface area is 202 Å². The van der Waals surface area contributed by atoms with E-state index in [0.717, 1.165) is 28.0 Å². The number of rotatable bonds is 5. The fraction of sp³-hybridized carbons (Fsp3) is 0.103. The van der Waals surface area contributed by atoms with Crippen LogP contribution >= 0.6 is 0 Å². The monoisotopic (exact) mass is 468 g/mol. The number of aromatic hydroxyl groups is 4. The molecule has 1 aliphatic heterocycles. The Morgan fingerprint density at radius 1 is 0.686 bits per heavy atom. The van der Waals surface area contributed by atoms with Gasteiger partial charge in [0.1, 0.15) is 40.6 Å². The van der Waals surface area contributed by atoms with E-state index in [9.17, 15) is 20.4 Å². The first kappa shape index (κ1) is 22.2. The summed E-state index contributed by atoms with van der Waals surface area (Å²) < 4.78 is 11.5. The molecule has 0 spiro atoms. The normalized spacial score (nSPS) is 16.7. The molecular weight excluding hydrogens is 444 g/mol. The molecule has 0 saturated carbocycles. The Hall–Kier alpha value is -4.58. The van der Waals surface area contributed by atoms with E-state index in [4.69, 9.17) is 9.47 Å². The zero-order valence-corrected chi connectivity index (χ0v) is 18.9. The van der Waals surface area contributed by atoms with Gasteiger partial charge in [-0.2, -0.15) is 0 Å². The van der Waals surface area contributed by atoms with Gasteiger partial charge in [0, 0.05) is 17.7 Å². The highest BCUT2D eigenvalue weighted by molar-refractivity contribution is 5.75. The van der Waals surface area contributed by atoms with E-state index < -0.39 is 12.0 Å². The largest absolute Gasteiger partial charge is 0.508 e. The average Bonchev–Trinajstić information content (AvgIpc) is 3.22. The molecule has 2 atom stereocenters. The smallest absolute Gasteiger partial charge is 0.135 e. The Balaban J connectivity index is 1.64. The number of phenols is 4. The molecule has 1 aliphatic rings. The van der Waals surface area contributed by atoms with Crippen molar-refractivity contribution in [2.24, 2.45) is 0 Å². The molecular formula is C29H24O6. The molecule has 35 heavy (non-hydrogen) atoms. The van der Waals surface area contributed by atoms with Gasteiger partial charge in [-0.15, -0.1) is 0 Å². The number of fused-ring (bicyclic) bond motifs is 1. The number of ether oxygens (including phenoxy) is 2. The van der Waals surface area contributed by atoms with Gasteiger partial charge in [0.15, 0.2) is 0 Å². The SMILES string of the molecule is COc1ccc(C=Cc2cc(O)cc3c2[C@H](c2cc(O)cc(O)c2)[C@@H](c2ccc(O)cc2)O3)cc1. The zero-order chi connectivity index (χ0) is 24.5. The van der Waals surface area contributed by atoms with E-state index in [1.807, 2.05) is 36.4 Å². The van der Waals surface area contributed by atoms with E-state index in [2.05, 4.69) is 0 Å². The number of methoxy groups -OCH3 is 1. The molecule has 4 N–H and O–H groups in total. The van der Waals surface area contributed by atoms with Gasteiger partial charge in [-0.3, -0.25) is 0 Å². The van der Waals surface area contributed by atoms with Crippen LogP contribution in [0.15, 0.2) is 78.9 Å². The van der Waals surface area contributed by atoms with Crippen molar-refractivity contribution < 1.29 is 29.9 Å². The van der Waals surface area contributed by atoms with Crippen LogP contribution in [0.5, 0.6) is 34.5 Å². The standard InChI is InChI=1S/C29H24O6/c1-34-25-10-3-17(4-11-25)2-5-19-12-24(33)16-26-27(19)28(20-13-22(31)15-23(32)14-20)29(35-26)18-6-8-21(30)9-7-18/h2-16,28-33H,1H3/t28-,29+/m0/s1. The van der Waals surface area contributed by atoms with E-state index in [0.29, 0.717) is 11.3 Å². The van der Waals surface area contributed by atoms with Gasteiger partial charge in [0.2, 0.25) is 0 Å². The van der Waals surface area contributed by atoms with E-state index in [1.165, 1.54) is 6.07 Å². The second-order valence-corrected chi connectivity index (χ2v) is 8.44. The predicted octanol–water partition coefficient (Wildman–Crippen LogP) is 5.95. The van der Waals surface area contributed by atoms with Crippen molar-refractivity contribution >= 4 is 12.2 Å². The highest BCUT2D eigenvalue weighted by Crippen LogP contribution is 2.53. The van der Waals surface area contributed by atoms with Gasteiger partial charge in [0.25, 0.3) is 0 Å². The van der Waals surface area contributed by atoms with Crippen molar-refractivity contribution in [1.82, 2.24) is 0 Å². The molecule has 0 aromatic heterocycles. The maximum Gasteiger partial charge on any atom is 0.135 e. The van der Waals surface area contributed by atoms with Crippen LogP contribution in [-0.4, -0.2) is 27.5 Å². The maximum atomic E-state index is 10.4. The van der Waals surface area contributed by atoms with Crippen LogP contribution in [0, 0.1) is 0 Å². The van der Waals surface area contributed by atoms with Crippen molar-refractivity contribution in [2.45, 2.75) is 12.0 Å². The van der Waals surface area contributed by atoms with E-state index >= 15 is 0 Å². The second kappa shape index (κ2) is 8.99. The summed E-state index contributed by atoms with van der Waals surface area (Å²) in [5.41, 5.74) is 3.96. The molecule has 0 radical (unpaired) electrons. The summed E-state index contributed by atoms with van der Waals surface area (Å²) in [6, 6.07) is 22.0. The summed E-state index contributed by atoms with van der Waals surface area (Å²) in [5.74, 6) is 0.931. The summed E-state index contributed by atoms with van der Waals surface area (Å²) in [6.45, 7) is 0. The number of hydrogen-bond acceptors (Lipinski definition) is 6. The van der Waals surface area contributed by atoms with Gasteiger partial charge >= 0.3 is 0 Å². The summed E-state index contributed by atoms with van der Waals surface area (Å²) >= 11 is 0. The molecule has 0 bridgehead atoms. The molecule has 0 amide bonds. The number of phenolic OH excluding ortho intramolecular Hbond substituents is 4.